The number of nitrogens with two attached hydrogens (primary N) is 1. The van der Waals surface area contributed by atoms with Gasteiger partial charge in [-0.25, -0.2) is 0 Å². The van der Waals surface area contributed by atoms with Gasteiger partial charge in [0.15, 0.2) is 0 Å². The zero-order valence-electron chi connectivity index (χ0n) is 11.7. The molecule has 0 atom stereocenters. The summed E-state index contributed by atoms with van der Waals surface area (Å²) < 4.78 is 5.19. The number of amides is 1. The predicted molar refractivity (Wildman–Crippen MR) is 78.9 cm³/mol. The van der Waals surface area contributed by atoms with E-state index in [0.29, 0.717) is 10.9 Å². The second-order valence-electron chi connectivity index (χ2n) is 5.84. The molecule has 1 saturated heterocycles. The van der Waals surface area contributed by atoms with Crippen LogP contribution in [0.4, 0.5) is 0 Å². The summed E-state index contributed by atoms with van der Waals surface area (Å²) in [7, 11) is 1.73. The molecule has 4 nitrogen and oxygen atoms in total. The summed E-state index contributed by atoms with van der Waals surface area (Å²) in [6.45, 7) is 2.43. The molecule has 1 amide bonds. The Morgan fingerprint density at radius 1 is 1.37 bits per heavy atom. The zero-order valence-corrected chi connectivity index (χ0v) is 12.5. The molecule has 1 aliphatic carbocycles. The molecule has 0 radical (unpaired) electrons. The van der Waals surface area contributed by atoms with Gasteiger partial charge in [0.1, 0.15) is 0 Å². The highest BCUT2D eigenvalue weighted by atomic mass is 32.1. The number of nitrogens with zero attached hydrogens (tertiary/aromatic N) is 1. The number of hydrogen-bond acceptors (Lipinski definition) is 3. The van der Waals surface area contributed by atoms with Crippen molar-refractivity contribution >= 4 is 23.1 Å². The van der Waals surface area contributed by atoms with Crippen molar-refractivity contribution in [1.82, 2.24) is 4.90 Å². The van der Waals surface area contributed by atoms with Crippen LogP contribution in [0.3, 0.4) is 0 Å². The first-order valence-corrected chi connectivity index (χ1v) is 7.59. The van der Waals surface area contributed by atoms with E-state index in [9.17, 15) is 4.79 Å². The van der Waals surface area contributed by atoms with E-state index in [1.165, 1.54) is 0 Å². The standard InChI is InChI=1S/C14H24N2O2S/c1-18-10-11-4-8-16(9-5-11)13(17)14(12(15)19)6-2-3-7-14/h11H,2-10H2,1H3,(H2,15,19). The Morgan fingerprint density at radius 2 is 1.95 bits per heavy atom. The van der Waals surface area contributed by atoms with Gasteiger partial charge in [-0.05, 0) is 31.6 Å². The lowest BCUT2D eigenvalue weighted by molar-refractivity contribution is -0.139. The lowest BCUT2D eigenvalue weighted by Gasteiger charge is -2.37. The van der Waals surface area contributed by atoms with Crippen molar-refractivity contribution in [2.45, 2.75) is 38.5 Å². The van der Waals surface area contributed by atoms with Crippen molar-refractivity contribution in [2.75, 3.05) is 26.8 Å². The van der Waals surface area contributed by atoms with Crippen LogP contribution in [-0.4, -0.2) is 42.6 Å². The van der Waals surface area contributed by atoms with Gasteiger partial charge >= 0.3 is 0 Å². The summed E-state index contributed by atoms with van der Waals surface area (Å²) in [5, 5.41) is 0. The number of ether oxygens (including phenoxy) is 1. The van der Waals surface area contributed by atoms with Crippen LogP contribution in [0.15, 0.2) is 0 Å². The molecular weight excluding hydrogens is 260 g/mol. The second-order valence-corrected chi connectivity index (χ2v) is 6.28. The molecule has 2 rings (SSSR count). The molecule has 0 unspecified atom stereocenters. The van der Waals surface area contributed by atoms with E-state index in [0.717, 1.165) is 58.2 Å². The maximum atomic E-state index is 12.8. The van der Waals surface area contributed by atoms with Crippen molar-refractivity contribution in [3.8, 4) is 0 Å². The fourth-order valence-corrected chi connectivity index (χ4v) is 3.68. The molecule has 1 saturated carbocycles. The number of hydrogen-bond donors (Lipinski definition) is 1. The maximum absolute atomic E-state index is 12.8. The first-order chi connectivity index (χ1) is 9.10. The lowest BCUT2D eigenvalue weighted by atomic mass is 9.83. The topological polar surface area (TPSA) is 55.6 Å². The first-order valence-electron chi connectivity index (χ1n) is 7.18. The van der Waals surface area contributed by atoms with Gasteiger partial charge < -0.3 is 15.4 Å². The van der Waals surface area contributed by atoms with Crippen LogP contribution in [0.25, 0.3) is 0 Å². The van der Waals surface area contributed by atoms with Crippen LogP contribution in [0.1, 0.15) is 38.5 Å². The molecule has 0 spiro atoms. The summed E-state index contributed by atoms with van der Waals surface area (Å²) in [6.07, 6.45) is 5.82. The van der Waals surface area contributed by atoms with Crippen molar-refractivity contribution in [2.24, 2.45) is 17.1 Å². The Hall–Kier alpha value is -0.680. The first kappa shape index (κ1) is 14.7. The molecule has 108 valence electrons. The smallest absolute Gasteiger partial charge is 0.235 e. The molecule has 1 heterocycles. The highest BCUT2D eigenvalue weighted by Crippen LogP contribution is 2.40. The van der Waals surface area contributed by atoms with Crippen molar-refractivity contribution in [3.63, 3.8) is 0 Å². The van der Waals surface area contributed by atoms with Crippen LogP contribution in [0, 0.1) is 11.3 Å². The molecule has 2 aliphatic rings. The Bertz CT molecular complexity index is 345. The minimum Gasteiger partial charge on any atom is -0.392 e. The van der Waals surface area contributed by atoms with Gasteiger partial charge in [-0.3, -0.25) is 4.79 Å². The van der Waals surface area contributed by atoms with Crippen LogP contribution < -0.4 is 5.73 Å². The predicted octanol–water partition coefficient (Wildman–Crippen LogP) is 1.72. The lowest BCUT2D eigenvalue weighted by Crippen LogP contribution is -2.51. The van der Waals surface area contributed by atoms with Gasteiger partial charge in [0.05, 0.1) is 10.4 Å². The van der Waals surface area contributed by atoms with Crippen molar-refractivity contribution < 1.29 is 9.53 Å². The highest BCUT2D eigenvalue weighted by Gasteiger charge is 2.46. The third-order valence-corrected chi connectivity index (χ3v) is 5.03. The molecule has 2 N–H and O–H groups in total. The molecule has 0 aromatic rings. The third kappa shape index (κ3) is 2.92. The zero-order chi connectivity index (χ0) is 13.9. The Morgan fingerprint density at radius 3 is 2.42 bits per heavy atom. The quantitative estimate of drug-likeness (QED) is 0.799. The molecule has 19 heavy (non-hydrogen) atoms. The van der Waals surface area contributed by atoms with E-state index in [-0.39, 0.29) is 5.91 Å². The number of piperidine rings is 1. The number of thiocarbonyl (C=S) groups is 1. The van der Waals surface area contributed by atoms with E-state index < -0.39 is 5.41 Å². The van der Waals surface area contributed by atoms with Gasteiger partial charge in [0, 0.05) is 26.8 Å². The normalized spacial score (nSPS) is 23.5. The fourth-order valence-electron chi connectivity index (χ4n) is 3.39. The average molecular weight is 284 g/mol. The van der Waals surface area contributed by atoms with Crippen LogP contribution >= 0.6 is 12.2 Å². The van der Waals surface area contributed by atoms with Gasteiger partial charge in [-0.15, -0.1) is 0 Å². The third-order valence-electron chi connectivity index (χ3n) is 4.64. The maximum Gasteiger partial charge on any atom is 0.235 e. The average Bonchev–Trinajstić information content (AvgIpc) is 2.90. The molecule has 5 heteroatoms. The number of rotatable bonds is 4. The minimum atomic E-state index is -0.538. The molecule has 1 aliphatic heterocycles. The van der Waals surface area contributed by atoms with Gasteiger partial charge in [0.25, 0.3) is 0 Å². The summed E-state index contributed by atoms with van der Waals surface area (Å²) in [4.78, 5) is 15.1. The van der Waals surface area contributed by atoms with Crippen LogP contribution in [0.5, 0.6) is 0 Å². The molecule has 0 bridgehead atoms. The SMILES string of the molecule is COCC1CCN(C(=O)C2(C(N)=S)CCCC2)CC1. The summed E-state index contributed by atoms with van der Waals surface area (Å²) >= 11 is 5.19. The van der Waals surface area contributed by atoms with E-state index in [4.69, 9.17) is 22.7 Å². The highest BCUT2D eigenvalue weighted by molar-refractivity contribution is 7.80. The number of likely N-dealkylation sites (tertiary alicyclic amines) is 1. The van der Waals surface area contributed by atoms with E-state index >= 15 is 0 Å². The van der Waals surface area contributed by atoms with Gasteiger partial charge in [-0.2, -0.15) is 0 Å². The molecule has 0 aromatic heterocycles. The second kappa shape index (κ2) is 6.18. The van der Waals surface area contributed by atoms with E-state index in [2.05, 4.69) is 0 Å². The summed E-state index contributed by atoms with van der Waals surface area (Å²) in [6, 6.07) is 0. The fraction of sp³-hybridized carbons (Fsp3) is 0.857. The number of carbonyl (C=O) groups is 1. The Balaban J connectivity index is 1.98. The number of carbonyl (C=O) groups excluding carboxylic acids is 1. The largest absolute Gasteiger partial charge is 0.392 e. The van der Waals surface area contributed by atoms with Crippen molar-refractivity contribution in [1.29, 1.82) is 0 Å². The van der Waals surface area contributed by atoms with E-state index in [1.54, 1.807) is 7.11 Å². The Kier molecular flexibility index (Phi) is 4.79. The van der Waals surface area contributed by atoms with Crippen molar-refractivity contribution in [3.05, 3.63) is 0 Å². The minimum absolute atomic E-state index is 0.174. The summed E-state index contributed by atoms with van der Waals surface area (Å²) in [5.74, 6) is 0.756. The van der Waals surface area contributed by atoms with Gasteiger partial charge in [0.2, 0.25) is 5.91 Å². The molecule has 0 aromatic carbocycles. The Labute approximate surface area is 120 Å². The van der Waals surface area contributed by atoms with Crippen LogP contribution in [-0.2, 0) is 9.53 Å². The summed E-state index contributed by atoms with van der Waals surface area (Å²) in [5.41, 5.74) is 5.34. The van der Waals surface area contributed by atoms with E-state index in [1.807, 2.05) is 4.90 Å². The van der Waals surface area contributed by atoms with Gasteiger partial charge in [-0.1, -0.05) is 25.1 Å². The number of methoxy groups -OCH3 is 1. The monoisotopic (exact) mass is 284 g/mol. The van der Waals surface area contributed by atoms with Crippen LogP contribution in [0.2, 0.25) is 0 Å². The molecular formula is C14H24N2O2S. The molecule has 2 fully saturated rings.